The third kappa shape index (κ3) is 3.38. The Morgan fingerprint density at radius 2 is 2.12 bits per heavy atom. The second-order valence-electron chi connectivity index (χ2n) is 2.89. The van der Waals surface area contributed by atoms with Gasteiger partial charge in [-0.1, -0.05) is 0 Å². The molecule has 0 aliphatic carbocycles. The quantitative estimate of drug-likeness (QED) is 0.636. The SMILES string of the molecule is CCOC(=O)c1cc(N)cc(OC(F)F)c1. The molecule has 16 heavy (non-hydrogen) atoms. The van der Waals surface area contributed by atoms with Crippen LogP contribution in [-0.4, -0.2) is 19.2 Å². The first kappa shape index (κ1) is 12.2. The Bertz CT molecular complexity index is 382. The lowest BCUT2D eigenvalue weighted by atomic mass is 10.2. The van der Waals surface area contributed by atoms with Gasteiger partial charge in [0.15, 0.2) is 0 Å². The predicted molar refractivity (Wildman–Crippen MR) is 53.4 cm³/mol. The summed E-state index contributed by atoms with van der Waals surface area (Å²) >= 11 is 0. The Morgan fingerprint density at radius 3 is 2.69 bits per heavy atom. The van der Waals surface area contributed by atoms with Gasteiger partial charge in [-0.25, -0.2) is 4.79 Å². The summed E-state index contributed by atoms with van der Waals surface area (Å²) in [5, 5.41) is 0. The van der Waals surface area contributed by atoms with Crippen molar-refractivity contribution in [2.24, 2.45) is 0 Å². The monoisotopic (exact) mass is 231 g/mol. The van der Waals surface area contributed by atoms with Crippen LogP contribution in [0.2, 0.25) is 0 Å². The summed E-state index contributed by atoms with van der Waals surface area (Å²) in [7, 11) is 0. The zero-order valence-electron chi connectivity index (χ0n) is 8.57. The number of hydrogen-bond acceptors (Lipinski definition) is 4. The minimum absolute atomic E-state index is 0.0810. The van der Waals surface area contributed by atoms with Crippen molar-refractivity contribution in [3.8, 4) is 5.75 Å². The Kier molecular flexibility index (Phi) is 4.04. The Hall–Kier alpha value is -1.85. The fourth-order valence-corrected chi connectivity index (χ4v) is 1.13. The molecule has 0 saturated heterocycles. The molecule has 1 rings (SSSR count). The van der Waals surface area contributed by atoms with Gasteiger partial charge >= 0.3 is 12.6 Å². The number of carbonyl (C=O) groups excluding carboxylic acids is 1. The Morgan fingerprint density at radius 1 is 1.44 bits per heavy atom. The molecule has 0 atom stereocenters. The molecular weight excluding hydrogens is 220 g/mol. The lowest BCUT2D eigenvalue weighted by molar-refractivity contribution is -0.0498. The highest BCUT2D eigenvalue weighted by Gasteiger charge is 2.11. The van der Waals surface area contributed by atoms with Gasteiger partial charge in [0.1, 0.15) is 5.75 Å². The van der Waals surface area contributed by atoms with E-state index >= 15 is 0 Å². The number of hydrogen-bond donors (Lipinski definition) is 1. The molecule has 4 nitrogen and oxygen atoms in total. The Labute approximate surface area is 91.0 Å². The molecule has 0 radical (unpaired) electrons. The number of ether oxygens (including phenoxy) is 2. The van der Waals surface area contributed by atoms with Gasteiger partial charge in [-0.3, -0.25) is 0 Å². The molecule has 1 aromatic carbocycles. The summed E-state index contributed by atoms with van der Waals surface area (Å²) in [5.41, 5.74) is 5.67. The summed E-state index contributed by atoms with van der Waals surface area (Å²) in [6.07, 6.45) is 0. The van der Waals surface area contributed by atoms with Crippen molar-refractivity contribution in [3.05, 3.63) is 23.8 Å². The van der Waals surface area contributed by atoms with Gasteiger partial charge in [-0.05, 0) is 19.1 Å². The van der Waals surface area contributed by atoms with Crippen LogP contribution in [0.3, 0.4) is 0 Å². The smallest absolute Gasteiger partial charge is 0.387 e. The number of carbonyl (C=O) groups is 1. The van der Waals surface area contributed by atoms with Crippen molar-refractivity contribution in [2.45, 2.75) is 13.5 Å². The van der Waals surface area contributed by atoms with E-state index in [-0.39, 0.29) is 23.6 Å². The van der Waals surface area contributed by atoms with E-state index in [1.807, 2.05) is 0 Å². The fourth-order valence-electron chi connectivity index (χ4n) is 1.13. The molecule has 0 bridgehead atoms. The molecule has 6 heteroatoms. The minimum atomic E-state index is -2.96. The lowest BCUT2D eigenvalue weighted by Gasteiger charge is -2.08. The standard InChI is InChI=1S/C10H11F2NO3/c1-2-15-9(14)6-3-7(13)5-8(4-6)16-10(11)12/h3-5,10H,2,13H2,1H3. The van der Waals surface area contributed by atoms with Gasteiger partial charge in [0, 0.05) is 11.8 Å². The van der Waals surface area contributed by atoms with Crippen LogP contribution in [0.25, 0.3) is 0 Å². The molecule has 0 spiro atoms. The van der Waals surface area contributed by atoms with Gasteiger partial charge < -0.3 is 15.2 Å². The second-order valence-corrected chi connectivity index (χ2v) is 2.89. The first-order chi connectivity index (χ1) is 7.52. The van der Waals surface area contributed by atoms with Gasteiger partial charge in [0.25, 0.3) is 0 Å². The van der Waals surface area contributed by atoms with Crippen molar-refractivity contribution in [2.75, 3.05) is 12.3 Å². The van der Waals surface area contributed by atoms with Gasteiger partial charge in [0.05, 0.1) is 12.2 Å². The number of nitrogens with two attached hydrogens (primary N) is 1. The molecule has 0 fully saturated rings. The number of rotatable bonds is 4. The summed E-state index contributed by atoms with van der Waals surface area (Å²) < 4.78 is 32.8. The minimum Gasteiger partial charge on any atom is -0.462 e. The van der Waals surface area contributed by atoms with Crippen molar-refractivity contribution in [3.63, 3.8) is 0 Å². The zero-order chi connectivity index (χ0) is 12.1. The van der Waals surface area contributed by atoms with Crippen LogP contribution in [0, 0.1) is 0 Å². The number of benzene rings is 1. The maximum atomic E-state index is 12.0. The van der Waals surface area contributed by atoms with E-state index in [1.54, 1.807) is 6.92 Å². The summed E-state index contributed by atoms with van der Waals surface area (Å²) in [6, 6.07) is 3.69. The average molecular weight is 231 g/mol. The zero-order valence-corrected chi connectivity index (χ0v) is 8.57. The van der Waals surface area contributed by atoms with Crippen LogP contribution in [0.5, 0.6) is 5.75 Å². The van der Waals surface area contributed by atoms with Crippen LogP contribution in [0.15, 0.2) is 18.2 Å². The highest BCUT2D eigenvalue weighted by Crippen LogP contribution is 2.21. The van der Waals surface area contributed by atoms with E-state index in [0.717, 1.165) is 6.07 Å². The van der Waals surface area contributed by atoms with Crippen molar-refractivity contribution < 1.29 is 23.0 Å². The topological polar surface area (TPSA) is 61.5 Å². The van der Waals surface area contributed by atoms with Crippen LogP contribution in [0.1, 0.15) is 17.3 Å². The van der Waals surface area contributed by atoms with Crippen LogP contribution >= 0.6 is 0 Å². The fraction of sp³-hybridized carbons (Fsp3) is 0.300. The van der Waals surface area contributed by atoms with Gasteiger partial charge in [0.2, 0.25) is 0 Å². The highest BCUT2D eigenvalue weighted by molar-refractivity contribution is 5.91. The third-order valence-corrected chi connectivity index (χ3v) is 1.67. The van der Waals surface area contributed by atoms with E-state index in [9.17, 15) is 13.6 Å². The van der Waals surface area contributed by atoms with E-state index in [1.165, 1.54) is 12.1 Å². The van der Waals surface area contributed by atoms with Gasteiger partial charge in [-0.15, -0.1) is 0 Å². The molecule has 0 saturated carbocycles. The average Bonchev–Trinajstić information content (AvgIpc) is 2.15. The molecular formula is C10H11F2NO3. The van der Waals surface area contributed by atoms with Crippen LogP contribution < -0.4 is 10.5 Å². The van der Waals surface area contributed by atoms with Crippen molar-refractivity contribution in [1.82, 2.24) is 0 Å². The second kappa shape index (κ2) is 5.29. The first-order valence-electron chi connectivity index (χ1n) is 4.55. The molecule has 1 aromatic rings. The molecule has 2 N–H and O–H groups in total. The predicted octanol–water partition coefficient (Wildman–Crippen LogP) is 2.05. The maximum Gasteiger partial charge on any atom is 0.387 e. The lowest BCUT2D eigenvalue weighted by Crippen LogP contribution is -2.07. The molecule has 88 valence electrons. The largest absolute Gasteiger partial charge is 0.462 e. The normalized spacial score (nSPS) is 10.2. The highest BCUT2D eigenvalue weighted by atomic mass is 19.3. The van der Waals surface area contributed by atoms with E-state index in [0.29, 0.717) is 0 Å². The van der Waals surface area contributed by atoms with E-state index in [2.05, 4.69) is 4.74 Å². The van der Waals surface area contributed by atoms with E-state index in [4.69, 9.17) is 10.5 Å². The summed E-state index contributed by atoms with van der Waals surface area (Å²) in [4.78, 5) is 11.3. The number of alkyl halides is 2. The van der Waals surface area contributed by atoms with Gasteiger partial charge in [-0.2, -0.15) is 8.78 Å². The third-order valence-electron chi connectivity index (χ3n) is 1.67. The van der Waals surface area contributed by atoms with Crippen LogP contribution in [0.4, 0.5) is 14.5 Å². The summed E-state index contributed by atoms with van der Waals surface area (Å²) in [6.45, 7) is -1.13. The van der Waals surface area contributed by atoms with Crippen molar-refractivity contribution in [1.29, 1.82) is 0 Å². The molecule has 0 amide bonds. The number of halogens is 2. The number of nitrogen functional groups attached to an aromatic ring is 1. The van der Waals surface area contributed by atoms with E-state index < -0.39 is 12.6 Å². The molecule has 0 unspecified atom stereocenters. The summed E-state index contributed by atoms with van der Waals surface area (Å²) in [5.74, 6) is -0.799. The van der Waals surface area contributed by atoms with Crippen LogP contribution in [-0.2, 0) is 4.74 Å². The number of anilines is 1. The number of esters is 1. The maximum absolute atomic E-state index is 12.0. The van der Waals surface area contributed by atoms with Crippen molar-refractivity contribution >= 4 is 11.7 Å². The Balaban J connectivity index is 2.93. The first-order valence-corrected chi connectivity index (χ1v) is 4.55. The molecule has 0 aliphatic rings. The molecule has 0 aromatic heterocycles. The molecule has 0 heterocycles. The molecule has 0 aliphatic heterocycles.